The van der Waals surface area contributed by atoms with Gasteiger partial charge in [0.05, 0.1) is 33.5 Å². The third kappa shape index (κ3) is 4.54. The van der Waals surface area contributed by atoms with E-state index in [0.717, 1.165) is 5.56 Å². The lowest BCUT2D eigenvalue weighted by atomic mass is 9.95. The molecular formula is C18H24ClNO4. The highest BCUT2D eigenvalue weighted by molar-refractivity contribution is 5.85. The Balaban J connectivity index is 0.00000288. The fourth-order valence-electron chi connectivity index (χ4n) is 2.50. The van der Waals surface area contributed by atoms with Crippen molar-refractivity contribution in [1.82, 2.24) is 0 Å². The molecule has 0 aliphatic heterocycles. The van der Waals surface area contributed by atoms with E-state index < -0.39 is 12.1 Å². The van der Waals surface area contributed by atoms with Gasteiger partial charge < -0.3 is 25.1 Å². The standard InChI is InChI=1S/C18H23NO4.ClH/c1-21-15-11-17(23-3)16(22-2)10-13(15)18(19)14(20)9-12-7-5-4-6-8-12;/h4-8,10-11,14,18,20H,9,19H2,1-3H3;1H/t14-,18+;/m0./s1. The van der Waals surface area contributed by atoms with Crippen molar-refractivity contribution in [3.05, 3.63) is 53.6 Å². The van der Waals surface area contributed by atoms with Gasteiger partial charge in [-0.2, -0.15) is 0 Å². The molecule has 0 heterocycles. The zero-order valence-electron chi connectivity index (χ0n) is 14.1. The SMILES string of the molecule is COc1cc(OC)c([C@@H](N)[C@@H](O)Cc2ccccc2)cc1OC.Cl. The minimum Gasteiger partial charge on any atom is -0.496 e. The summed E-state index contributed by atoms with van der Waals surface area (Å²) in [7, 11) is 4.67. The Hall–Kier alpha value is -1.95. The average molecular weight is 354 g/mol. The Kier molecular flexibility index (Phi) is 7.85. The summed E-state index contributed by atoms with van der Waals surface area (Å²) in [5.74, 6) is 1.66. The molecule has 0 spiro atoms. The first-order valence-corrected chi connectivity index (χ1v) is 7.38. The summed E-state index contributed by atoms with van der Waals surface area (Å²) >= 11 is 0. The fraction of sp³-hybridized carbons (Fsp3) is 0.333. The zero-order chi connectivity index (χ0) is 16.8. The Morgan fingerprint density at radius 1 is 0.917 bits per heavy atom. The maximum Gasteiger partial charge on any atom is 0.164 e. The van der Waals surface area contributed by atoms with Crippen LogP contribution in [0.4, 0.5) is 0 Å². The summed E-state index contributed by atoms with van der Waals surface area (Å²) in [5, 5.41) is 10.5. The average Bonchev–Trinajstić information content (AvgIpc) is 2.60. The Morgan fingerprint density at radius 2 is 1.46 bits per heavy atom. The summed E-state index contributed by atoms with van der Waals surface area (Å²) in [5.41, 5.74) is 7.95. The molecule has 0 fully saturated rings. The van der Waals surface area contributed by atoms with E-state index in [1.54, 1.807) is 33.5 Å². The lowest BCUT2D eigenvalue weighted by molar-refractivity contribution is 0.143. The molecule has 132 valence electrons. The molecule has 0 aliphatic rings. The molecule has 0 saturated heterocycles. The van der Waals surface area contributed by atoms with E-state index >= 15 is 0 Å². The maximum absolute atomic E-state index is 10.5. The minimum absolute atomic E-state index is 0. The van der Waals surface area contributed by atoms with E-state index in [1.165, 1.54) is 0 Å². The van der Waals surface area contributed by atoms with Gasteiger partial charge in [-0.15, -0.1) is 12.4 Å². The predicted octanol–water partition coefficient (Wildman–Crippen LogP) is 2.74. The van der Waals surface area contributed by atoms with Gasteiger partial charge in [0.15, 0.2) is 11.5 Å². The lowest BCUT2D eigenvalue weighted by Crippen LogP contribution is -2.28. The third-order valence-corrected chi connectivity index (χ3v) is 3.80. The smallest absolute Gasteiger partial charge is 0.164 e. The molecule has 5 nitrogen and oxygen atoms in total. The summed E-state index contributed by atoms with van der Waals surface area (Å²) in [6, 6.07) is 12.6. The van der Waals surface area contributed by atoms with Crippen LogP contribution in [0.25, 0.3) is 0 Å². The first-order valence-electron chi connectivity index (χ1n) is 7.38. The van der Waals surface area contributed by atoms with Crippen molar-refractivity contribution in [3.8, 4) is 17.2 Å². The molecular weight excluding hydrogens is 330 g/mol. The van der Waals surface area contributed by atoms with Crippen molar-refractivity contribution in [2.24, 2.45) is 5.73 Å². The number of rotatable bonds is 7. The molecule has 0 aromatic heterocycles. The number of aliphatic hydroxyl groups excluding tert-OH is 1. The molecule has 0 aliphatic carbocycles. The molecule has 2 aromatic rings. The van der Waals surface area contributed by atoms with E-state index in [9.17, 15) is 5.11 Å². The van der Waals surface area contributed by atoms with Gasteiger partial charge in [-0.3, -0.25) is 0 Å². The van der Waals surface area contributed by atoms with Crippen molar-refractivity contribution in [2.45, 2.75) is 18.6 Å². The number of methoxy groups -OCH3 is 3. The van der Waals surface area contributed by atoms with Crippen LogP contribution >= 0.6 is 12.4 Å². The molecule has 6 heteroatoms. The molecule has 0 saturated carbocycles. The quantitative estimate of drug-likeness (QED) is 0.800. The topological polar surface area (TPSA) is 73.9 Å². The Morgan fingerprint density at radius 3 is 2.00 bits per heavy atom. The van der Waals surface area contributed by atoms with Gasteiger partial charge in [0.1, 0.15) is 5.75 Å². The van der Waals surface area contributed by atoms with Crippen LogP contribution in [-0.2, 0) is 6.42 Å². The molecule has 0 amide bonds. The van der Waals surface area contributed by atoms with E-state index in [1.807, 2.05) is 30.3 Å². The number of hydrogen-bond donors (Lipinski definition) is 2. The van der Waals surface area contributed by atoms with Crippen LogP contribution in [0.1, 0.15) is 17.2 Å². The van der Waals surface area contributed by atoms with Gasteiger partial charge in [-0.25, -0.2) is 0 Å². The molecule has 2 atom stereocenters. The Bertz CT molecular complexity index is 636. The van der Waals surface area contributed by atoms with Crippen molar-refractivity contribution < 1.29 is 19.3 Å². The van der Waals surface area contributed by atoms with Gasteiger partial charge in [0, 0.05) is 18.1 Å². The van der Waals surface area contributed by atoms with E-state index in [4.69, 9.17) is 19.9 Å². The van der Waals surface area contributed by atoms with Gasteiger partial charge >= 0.3 is 0 Å². The summed E-state index contributed by atoms with van der Waals surface area (Å²) in [6.07, 6.45) is -0.288. The molecule has 0 bridgehead atoms. The van der Waals surface area contributed by atoms with E-state index in [0.29, 0.717) is 29.2 Å². The van der Waals surface area contributed by atoms with Crippen molar-refractivity contribution in [1.29, 1.82) is 0 Å². The summed E-state index contributed by atoms with van der Waals surface area (Å²) in [6.45, 7) is 0. The third-order valence-electron chi connectivity index (χ3n) is 3.80. The van der Waals surface area contributed by atoms with E-state index in [2.05, 4.69) is 0 Å². The molecule has 24 heavy (non-hydrogen) atoms. The fourth-order valence-corrected chi connectivity index (χ4v) is 2.50. The van der Waals surface area contributed by atoms with Gasteiger partial charge in [-0.1, -0.05) is 30.3 Å². The second-order valence-electron chi connectivity index (χ2n) is 5.23. The molecule has 0 radical (unpaired) electrons. The number of nitrogens with two attached hydrogens (primary N) is 1. The van der Waals surface area contributed by atoms with Crippen LogP contribution < -0.4 is 19.9 Å². The van der Waals surface area contributed by atoms with Crippen LogP contribution in [0.2, 0.25) is 0 Å². The number of ether oxygens (including phenoxy) is 3. The summed E-state index contributed by atoms with van der Waals surface area (Å²) in [4.78, 5) is 0. The first kappa shape index (κ1) is 20.1. The second-order valence-corrected chi connectivity index (χ2v) is 5.23. The highest BCUT2D eigenvalue weighted by Crippen LogP contribution is 2.37. The molecule has 3 N–H and O–H groups in total. The molecule has 2 rings (SSSR count). The largest absolute Gasteiger partial charge is 0.496 e. The van der Waals surface area contributed by atoms with Gasteiger partial charge in [-0.05, 0) is 11.6 Å². The normalized spacial score (nSPS) is 12.7. The molecule has 2 aromatic carbocycles. The zero-order valence-corrected chi connectivity index (χ0v) is 14.9. The number of aliphatic hydroxyl groups is 1. The highest BCUT2D eigenvalue weighted by atomic mass is 35.5. The molecule has 0 unspecified atom stereocenters. The van der Waals surface area contributed by atoms with Crippen molar-refractivity contribution in [2.75, 3.05) is 21.3 Å². The van der Waals surface area contributed by atoms with E-state index in [-0.39, 0.29) is 12.4 Å². The van der Waals surface area contributed by atoms with Crippen LogP contribution in [-0.4, -0.2) is 32.5 Å². The van der Waals surface area contributed by atoms with Crippen LogP contribution in [0.15, 0.2) is 42.5 Å². The maximum atomic E-state index is 10.5. The summed E-state index contributed by atoms with van der Waals surface area (Å²) < 4.78 is 16.0. The van der Waals surface area contributed by atoms with Crippen LogP contribution in [0.3, 0.4) is 0 Å². The number of hydrogen-bond acceptors (Lipinski definition) is 5. The lowest BCUT2D eigenvalue weighted by Gasteiger charge is -2.23. The number of halogens is 1. The van der Waals surface area contributed by atoms with Crippen molar-refractivity contribution in [3.63, 3.8) is 0 Å². The van der Waals surface area contributed by atoms with Crippen LogP contribution in [0.5, 0.6) is 17.2 Å². The van der Waals surface area contributed by atoms with Crippen LogP contribution in [0, 0.1) is 0 Å². The minimum atomic E-state index is -0.746. The highest BCUT2D eigenvalue weighted by Gasteiger charge is 2.23. The second kappa shape index (κ2) is 9.37. The first-order chi connectivity index (χ1) is 11.1. The predicted molar refractivity (Wildman–Crippen MR) is 96.4 cm³/mol. The van der Waals surface area contributed by atoms with Gasteiger partial charge in [0.25, 0.3) is 0 Å². The number of benzene rings is 2. The van der Waals surface area contributed by atoms with Gasteiger partial charge in [0.2, 0.25) is 0 Å². The Labute approximate surface area is 148 Å². The monoisotopic (exact) mass is 353 g/mol. The van der Waals surface area contributed by atoms with Crippen molar-refractivity contribution >= 4 is 12.4 Å².